The maximum absolute atomic E-state index is 6.58. The van der Waals surface area contributed by atoms with Crippen LogP contribution in [0.4, 0.5) is 11.6 Å². The van der Waals surface area contributed by atoms with Gasteiger partial charge >= 0.3 is 0 Å². The zero-order valence-corrected chi connectivity index (χ0v) is 22.7. The average molecular weight is 517 g/mol. The molecule has 4 aromatic rings. The molecule has 37 heavy (non-hydrogen) atoms. The van der Waals surface area contributed by atoms with Crippen molar-refractivity contribution in [3.8, 4) is 0 Å². The van der Waals surface area contributed by atoms with Gasteiger partial charge in [0, 0.05) is 35.8 Å². The summed E-state index contributed by atoms with van der Waals surface area (Å²) < 4.78 is 6.35. The number of anilines is 2. The Balaban J connectivity index is 1.56. The maximum Gasteiger partial charge on any atom is 0.151 e. The molecule has 1 aliphatic rings. The molecule has 0 aliphatic carbocycles. The number of nitrogens with two attached hydrogens (primary N) is 2. The van der Waals surface area contributed by atoms with Gasteiger partial charge in [0.2, 0.25) is 0 Å². The van der Waals surface area contributed by atoms with Crippen molar-refractivity contribution in [2.24, 2.45) is 0 Å². The number of fused-ring (bicyclic) bond motifs is 1. The van der Waals surface area contributed by atoms with Crippen LogP contribution in [0, 0.1) is 0 Å². The van der Waals surface area contributed by atoms with Crippen molar-refractivity contribution in [3.05, 3.63) is 70.8 Å². The summed E-state index contributed by atoms with van der Waals surface area (Å²) in [5.41, 5.74) is 20.5. The van der Waals surface area contributed by atoms with Crippen LogP contribution < -0.4 is 11.5 Å². The summed E-state index contributed by atoms with van der Waals surface area (Å²) in [5, 5.41) is 9.58. The SMILES string of the molecule is CC/C(=C\c1nn(Cc2ccccc2)c(N)c1CC)c1cc(C2CCN(SC)CC2)n2ncnc(N)c12. The zero-order chi connectivity index (χ0) is 25.9. The van der Waals surface area contributed by atoms with Crippen LogP contribution in [0.3, 0.4) is 0 Å². The number of hydrogen-bond acceptors (Lipinski definition) is 7. The van der Waals surface area contributed by atoms with Crippen LogP contribution in [0.15, 0.2) is 42.7 Å². The molecule has 0 bridgehead atoms. The number of allylic oxidation sites excluding steroid dienone is 1. The first kappa shape index (κ1) is 25.4. The van der Waals surface area contributed by atoms with Gasteiger partial charge in [-0.05, 0) is 55.2 Å². The van der Waals surface area contributed by atoms with Crippen molar-refractivity contribution in [1.29, 1.82) is 0 Å². The molecule has 1 fully saturated rings. The summed E-state index contributed by atoms with van der Waals surface area (Å²) in [6, 6.07) is 12.6. The van der Waals surface area contributed by atoms with Gasteiger partial charge in [-0.3, -0.25) is 4.31 Å². The fraction of sp³-hybridized carbons (Fsp3) is 0.393. The van der Waals surface area contributed by atoms with Gasteiger partial charge in [0.15, 0.2) is 5.82 Å². The molecule has 0 spiro atoms. The first-order valence-corrected chi connectivity index (χ1v) is 14.2. The molecule has 5 rings (SSSR count). The molecule has 0 amide bonds. The highest BCUT2D eigenvalue weighted by Gasteiger charge is 2.26. The number of hydrogen-bond donors (Lipinski definition) is 2. The van der Waals surface area contributed by atoms with Crippen LogP contribution in [0.5, 0.6) is 0 Å². The first-order chi connectivity index (χ1) is 18.0. The molecule has 0 saturated carbocycles. The lowest BCUT2D eigenvalue weighted by molar-refractivity contribution is 0.341. The summed E-state index contributed by atoms with van der Waals surface area (Å²) in [6.45, 7) is 7.08. The van der Waals surface area contributed by atoms with Crippen LogP contribution in [0.1, 0.15) is 67.1 Å². The second-order valence-electron chi connectivity index (χ2n) is 9.54. The van der Waals surface area contributed by atoms with Crippen LogP contribution in [-0.4, -0.2) is 48.0 Å². The number of benzene rings is 1. The van der Waals surface area contributed by atoms with E-state index >= 15 is 0 Å². The van der Waals surface area contributed by atoms with Gasteiger partial charge in [-0.2, -0.15) is 10.2 Å². The third kappa shape index (κ3) is 4.98. The molecule has 4 N–H and O–H groups in total. The molecule has 1 saturated heterocycles. The molecule has 8 nitrogen and oxygen atoms in total. The minimum Gasteiger partial charge on any atom is -0.384 e. The fourth-order valence-corrected chi connectivity index (χ4v) is 5.96. The quantitative estimate of drug-likeness (QED) is 0.314. The number of aromatic nitrogens is 5. The van der Waals surface area contributed by atoms with E-state index in [0.717, 1.165) is 72.5 Å². The lowest BCUT2D eigenvalue weighted by Crippen LogP contribution is -2.27. The molecule has 194 valence electrons. The van der Waals surface area contributed by atoms with Crippen molar-refractivity contribution in [2.45, 2.75) is 52.0 Å². The molecular weight excluding hydrogens is 480 g/mol. The zero-order valence-electron chi connectivity index (χ0n) is 21.9. The van der Waals surface area contributed by atoms with E-state index < -0.39 is 0 Å². The number of rotatable bonds is 8. The Kier molecular flexibility index (Phi) is 7.53. The van der Waals surface area contributed by atoms with Crippen LogP contribution in [-0.2, 0) is 13.0 Å². The van der Waals surface area contributed by atoms with E-state index in [4.69, 9.17) is 16.6 Å². The number of nitrogen functional groups attached to an aromatic ring is 2. The Morgan fingerprint density at radius 2 is 1.89 bits per heavy atom. The van der Waals surface area contributed by atoms with E-state index in [0.29, 0.717) is 18.3 Å². The summed E-state index contributed by atoms with van der Waals surface area (Å²) >= 11 is 1.82. The highest BCUT2D eigenvalue weighted by Crippen LogP contribution is 2.37. The van der Waals surface area contributed by atoms with E-state index in [1.54, 1.807) is 6.33 Å². The summed E-state index contributed by atoms with van der Waals surface area (Å²) in [6.07, 6.45) is 9.72. The molecule has 0 unspecified atom stereocenters. The van der Waals surface area contributed by atoms with Gasteiger partial charge in [-0.15, -0.1) is 0 Å². The van der Waals surface area contributed by atoms with Crippen molar-refractivity contribution in [3.63, 3.8) is 0 Å². The van der Waals surface area contributed by atoms with Gasteiger partial charge in [0.05, 0.1) is 12.2 Å². The van der Waals surface area contributed by atoms with Crippen molar-refractivity contribution < 1.29 is 0 Å². The van der Waals surface area contributed by atoms with E-state index in [-0.39, 0.29) is 0 Å². The summed E-state index contributed by atoms with van der Waals surface area (Å²) in [4.78, 5) is 4.34. The van der Waals surface area contributed by atoms with Gasteiger partial charge in [-0.1, -0.05) is 56.1 Å². The molecule has 3 aromatic heterocycles. The minimum absolute atomic E-state index is 0.434. The van der Waals surface area contributed by atoms with Crippen LogP contribution >= 0.6 is 11.9 Å². The monoisotopic (exact) mass is 516 g/mol. The predicted octanol–water partition coefficient (Wildman–Crippen LogP) is 5.11. The summed E-state index contributed by atoms with van der Waals surface area (Å²) in [7, 11) is 0. The molecule has 4 heterocycles. The number of nitrogens with zero attached hydrogens (tertiary/aromatic N) is 6. The van der Waals surface area contributed by atoms with Gasteiger partial charge in [0.25, 0.3) is 0 Å². The molecule has 9 heteroatoms. The molecule has 0 atom stereocenters. The Hall–Kier alpha value is -3.30. The molecule has 1 aliphatic heterocycles. The second kappa shape index (κ2) is 11.0. The summed E-state index contributed by atoms with van der Waals surface area (Å²) in [5.74, 6) is 1.66. The van der Waals surface area contributed by atoms with E-state index in [2.05, 4.69) is 58.8 Å². The largest absolute Gasteiger partial charge is 0.384 e. The van der Waals surface area contributed by atoms with Crippen molar-refractivity contribution in [2.75, 3.05) is 30.8 Å². The smallest absolute Gasteiger partial charge is 0.151 e. The van der Waals surface area contributed by atoms with Gasteiger partial charge in [-0.25, -0.2) is 14.2 Å². The second-order valence-corrected chi connectivity index (χ2v) is 10.4. The lowest BCUT2D eigenvalue weighted by atomic mass is 9.93. The molecule has 1 aromatic carbocycles. The molecule has 0 radical (unpaired) electrons. The molecular formula is C28H36N8S. The highest BCUT2D eigenvalue weighted by atomic mass is 32.2. The van der Waals surface area contributed by atoms with E-state index in [1.807, 2.05) is 39.3 Å². The Labute approximate surface area is 222 Å². The third-order valence-electron chi connectivity index (χ3n) is 7.43. The maximum atomic E-state index is 6.58. The third-order valence-corrected chi connectivity index (χ3v) is 8.31. The standard InChI is InChI=1S/C28H36N8S/c1-4-20(15-24-22(5-2)28(30)35(33-24)17-19-9-7-6-8-10-19)23-16-25(21-11-13-34(37-3)14-12-21)36-26(23)27(29)31-18-32-36/h6-10,15-16,18,21H,4-5,11-14,17,30H2,1-3H3,(H2,29,31,32)/b20-15+. The van der Waals surface area contributed by atoms with Crippen LogP contribution in [0.2, 0.25) is 0 Å². The first-order valence-electron chi connectivity index (χ1n) is 13.0. The predicted molar refractivity (Wildman–Crippen MR) is 154 cm³/mol. The topological polar surface area (TPSA) is 103 Å². The van der Waals surface area contributed by atoms with Crippen LogP contribution in [0.25, 0.3) is 17.2 Å². The van der Waals surface area contributed by atoms with Gasteiger partial charge < -0.3 is 11.5 Å². The fourth-order valence-electron chi connectivity index (χ4n) is 5.38. The van der Waals surface area contributed by atoms with Crippen molar-refractivity contribution in [1.82, 2.24) is 28.7 Å². The Morgan fingerprint density at radius 1 is 1.14 bits per heavy atom. The highest BCUT2D eigenvalue weighted by molar-refractivity contribution is 7.96. The minimum atomic E-state index is 0.434. The Morgan fingerprint density at radius 3 is 2.57 bits per heavy atom. The Bertz CT molecular complexity index is 1400. The van der Waals surface area contributed by atoms with E-state index in [1.165, 1.54) is 11.3 Å². The van der Waals surface area contributed by atoms with E-state index in [9.17, 15) is 0 Å². The van der Waals surface area contributed by atoms with Gasteiger partial charge in [0.1, 0.15) is 17.7 Å². The number of piperidine rings is 1. The normalized spacial score (nSPS) is 15.6. The van der Waals surface area contributed by atoms with Crippen molar-refractivity contribution >= 4 is 40.7 Å². The average Bonchev–Trinajstić information content (AvgIpc) is 3.46. The lowest BCUT2D eigenvalue weighted by Gasteiger charge is -2.29.